The quantitative estimate of drug-likeness (QED) is 0.650. The van der Waals surface area contributed by atoms with Crippen LogP contribution in [0.2, 0.25) is 5.02 Å². The van der Waals surface area contributed by atoms with Crippen LogP contribution in [0.3, 0.4) is 0 Å². The third kappa shape index (κ3) is 3.85. The first kappa shape index (κ1) is 17.3. The summed E-state index contributed by atoms with van der Waals surface area (Å²) in [6, 6.07) is 12.2. The molecule has 0 radical (unpaired) electrons. The molecular weight excluding hydrogens is 364 g/mol. The lowest BCUT2D eigenvalue weighted by Gasteiger charge is -2.15. The summed E-state index contributed by atoms with van der Waals surface area (Å²) in [5.41, 5.74) is 4.06. The highest BCUT2D eigenvalue weighted by atomic mass is 35.5. The molecule has 0 saturated carbocycles. The average Bonchev–Trinajstić information content (AvgIpc) is 3.13. The van der Waals surface area contributed by atoms with E-state index in [2.05, 4.69) is 20.8 Å². The molecule has 3 N–H and O–H groups in total. The molecule has 6 nitrogen and oxygen atoms in total. The second-order valence-electron chi connectivity index (χ2n) is 6.51. The number of benzene rings is 2. The van der Waals surface area contributed by atoms with E-state index in [1.54, 1.807) is 24.4 Å². The lowest BCUT2D eigenvalue weighted by atomic mass is 10.0. The zero-order valence-electron chi connectivity index (χ0n) is 14.3. The molecule has 2 amide bonds. The molecule has 1 aromatic heterocycles. The van der Waals surface area contributed by atoms with Crippen LogP contribution in [0, 0.1) is 0 Å². The van der Waals surface area contributed by atoms with E-state index in [-0.39, 0.29) is 11.8 Å². The number of aromatic amines is 1. The fraction of sp³-hybridized carbons (Fsp3) is 0.150. The van der Waals surface area contributed by atoms with Crippen LogP contribution in [0.1, 0.15) is 27.0 Å². The summed E-state index contributed by atoms with van der Waals surface area (Å²) < 4.78 is 0. The van der Waals surface area contributed by atoms with E-state index in [4.69, 9.17) is 11.6 Å². The molecule has 0 bridgehead atoms. The van der Waals surface area contributed by atoms with Crippen molar-refractivity contribution >= 4 is 29.1 Å². The highest BCUT2D eigenvalue weighted by Crippen LogP contribution is 2.23. The lowest BCUT2D eigenvalue weighted by Crippen LogP contribution is -2.42. The van der Waals surface area contributed by atoms with Crippen LogP contribution in [-0.4, -0.2) is 28.1 Å². The first-order valence-electron chi connectivity index (χ1n) is 8.55. The van der Waals surface area contributed by atoms with Crippen LogP contribution in [0.25, 0.3) is 0 Å². The van der Waals surface area contributed by atoms with Crippen LogP contribution >= 0.6 is 11.6 Å². The summed E-state index contributed by atoms with van der Waals surface area (Å²) in [5, 5.41) is 12.8. The predicted octanol–water partition coefficient (Wildman–Crippen LogP) is 2.95. The summed E-state index contributed by atoms with van der Waals surface area (Å²) >= 11 is 5.96. The molecule has 0 saturated heterocycles. The molecule has 4 rings (SSSR count). The Labute approximate surface area is 160 Å². The van der Waals surface area contributed by atoms with E-state index in [0.717, 1.165) is 23.1 Å². The number of halogens is 1. The molecule has 1 aliphatic rings. The molecule has 7 heteroatoms. The largest absolute Gasteiger partial charge is 0.340 e. The molecule has 1 atom stereocenters. The van der Waals surface area contributed by atoms with Crippen molar-refractivity contribution in [3.8, 4) is 0 Å². The third-order valence-electron chi connectivity index (χ3n) is 4.53. The van der Waals surface area contributed by atoms with Crippen molar-refractivity contribution in [2.45, 2.75) is 18.9 Å². The Kier molecular flexibility index (Phi) is 4.64. The summed E-state index contributed by atoms with van der Waals surface area (Å²) in [6.07, 6.45) is 4.85. The molecule has 0 fully saturated rings. The summed E-state index contributed by atoms with van der Waals surface area (Å²) in [6.45, 7) is 0. The number of amides is 2. The molecule has 1 aliphatic heterocycles. The fourth-order valence-corrected chi connectivity index (χ4v) is 3.29. The number of fused-ring (bicyclic) bond motifs is 1. The van der Waals surface area contributed by atoms with Gasteiger partial charge in [-0.1, -0.05) is 35.9 Å². The average molecular weight is 381 g/mol. The van der Waals surface area contributed by atoms with Gasteiger partial charge < -0.3 is 10.6 Å². The first-order valence-corrected chi connectivity index (χ1v) is 8.93. The van der Waals surface area contributed by atoms with Crippen molar-refractivity contribution in [2.75, 3.05) is 5.32 Å². The zero-order chi connectivity index (χ0) is 18.8. The van der Waals surface area contributed by atoms with Gasteiger partial charge in [-0.2, -0.15) is 5.10 Å². The van der Waals surface area contributed by atoms with E-state index in [1.807, 2.05) is 30.5 Å². The molecule has 136 valence electrons. The minimum Gasteiger partial charge on any atom is -0.340 e. The Morgan fingerprint density at radius 3 is 2.52 bits per heavy atom. The van der Waals surface area contributed by atoms with E-state index in [1.165, 1.54) is 0 Å². The van der Waals surface area contributed by atoms with Gasteiger partial charge in [0.15, 0.2) is 0 Å². The van der Waals surface area contributed by atoms with Gasteiger partial charge in [-0.3, -0.25) is 14.7 Å². The van der Waals surface area contributed by atoms with Gasteiger partial charge in [0.2, 0.25) is 5.91 Å². The van der Waals surface area contributed by atoms with Crippen LogP contribution in [0.5, 0.6) is 0 Å². The highest BCUT2D eigenvalue weighted by molar-refractivity contribution is 6.31. The number of hydrogen-bond donors (Lipinski definition) is 3. The third-order valence-corrected chi connectivity index (χ3v) is 4.77. The summed E-state index contributed by atoms with van der Waals surface area (Å²) in [7, 11) is 0. The Hall–Kier alpha value is -3.12. The maximum Gasteiger partial charge on any atom is 0.254 e. The molecular formula is C20H17ClN4O2. The zero-order valence-corrected chi connectivity index (χ0v) is 15.1. The van der Waals surface area contributed by atoms with Crippen LogP contribution < -0.4 is 10.6 Å². The molecule has 0 spiro atoms. The van der Waals surface area contributed by atoms with Crippen molar-refractivity contribution in [2.24, 2.45) is 0 Å². The Bertz CT molecular complexity index is 984. The topological polar surface area (TPSA) is 86.9 Å². The Balaban J connectivity index is 1.48. The molecule has 2 aromatic carbocycles. The predicted molar refractivity (Wildman–Crippen MR) is 103 cm³/mol. The number of aromatic nitrogens is 2. The van der Waals surface area contributed by atoms with Gasteiger partial charge in [0.25, 0.3) is 5.91 Å². The summed E-state index contributed by atoms with van der Waals surface area (Å²) in [4.78, 5) is 25.0. The minimum absolute atomic E-state index is 0.244. The summed E-state index contributed by atoms with van der Waals surface area (Å²) in [5.74, 6) is -0.556. The Morgan fingerprint density at radius 2 is 1.78 bits per heavy atom. The monoisotopic (exact) mass is 380 g/mol. The normalized spacial score (nSPS) is 16.3. The van der Waals surface area contributed by atoms with Crippen molar-refractivity contribution in [1.29, 1.82) is 0 Å². The van der Waals surface area contributed by atoms with Gasteiger partial charge in [-0.25, -0.2) is 0 Å². The van der Waals surface area contributed by atoms with E-state index >= 15 is 0 Å². The number of hydrogen-bond acceptors (Lipinski definition) is 3. The smallest absolute Gasteiger partial charge is 0.254 e. The molecule has 3 aromatic rings. The second kappa shape index (κ2) is 7.25. The van der Waals surface area contributed by atoms with Crippen molar-refractivity contribution in [3.63, 3.8) is 0 Å². The van der Waals surface area contributed by atoms with Gasteiger partial charge in [-0.15, -0.1) is 0 Å². The molecule has 0 aliphatic carbocycles. The van der Waals surface area contributed by atoms with Gasteiger partial charge in [0, 0.05) is 24.1 Å². The first-order chi connectivity index (χ1) is 13.1. The Morgan fingerprint density at radius 1 is 1.00 bits per heavy atom. The number of H-pyrrole nitrogens is 1. The highest BCUT2D eigenvalue weighted by Gasteiger charge is 2.28. The van der Waals surface area contributed by atoms with Gasteiger partial charge in [-0.05, 0) is 34.9 Å². The minimum atomic E-state index is -0.650. The number of rotatable bonds is 4. The number of nitrogens with one attached hydrogen (secondary N) is 3. The van der Waals surface area contributed by atoms with Gasteiger partial charge >= 0.3 is 0 Å². The van der Waals surface area contributed by atoms with Crippen LogP contribution in [0.15, 0.2) is 54.9 Å². The van der Waals surface area contributed by atoms with Crippen molar-refractivity contribution in [3.05, 3.63) is 82.1 Å². The standard InChI is InChI=1S/C20H17ClN4O2/c21-15-5-6-17-16(9-15)19(26)25-18(20(27)24-17)8-13-3-1-12(2-4-13)7-14-10-22-23-11-14/h1-6,9-11,18H,7-8H2,(H,22,23)(H,24,27)(H,25,26). The van der Waals surface area contributed by atoms with Crippen LogP contribution in [0.4, 0.5) is 5.69 Å². The fourth-order valence-electron chi connectivity index (χ4n) is 3.12. The maximum atomic E-state index is 12.5. The van der Waals surface area contributed by atoms with Gasteiger partial charge in [0.05, 0.1) is 17.4 Å². The number of anilines is 1. The number of nitrogens with zero attached hydrogens (tertiary/aromatic N) is 1. The number of carbonyl (C=O) groups is 2. The second-order valence-corrected chi connectivity index (χ2v) is 6.95. The maximum absolute atomic E-state index is 12.5. The molecule has 2 heterocycles. The van der Waals surface area contributed by atoms with E-state index in [9.17, 15) is 9.59 Å². The van der Waals surface area contributed by atoms with E-state index < -0.39 is 6.04 Å². The van der Waals surface area contributed by atoms with Gasteiger partial charge in [0.1, 0.15) is 6.04 Å². The lowest BCUT2D eigenvalue weighted by molar-refractivity contribution is -0.117. The van der Waals surface area contributed by atoms with E-state index in [0.29, 0.717) is 22.7 Å². The molecule has 1 unspecified atom stereocenters. The SMILES string of the molecule is O=C1NC(Cc2ccc(Cc3cn[nH]c3)cc2)C(=O)Nc2ccc(Cl)cc21. The van der Waals surface area contributed by atoms with Crippen LogP contribution in [-0.2, 0) is 17.6 Å². The van der Waals surface area contributed by atoms with Crippen molar-refractivity contribution < 1.29 is 9.59 Å². The number of carbonyl (C=O) groups excluding carboxylic acids is 2. The van der Waals surface area contributed by atoms with Crippen molar-refractivity contribution in [1.82, 2.24) is 15.5 Å². The molecule has 27 heavy (non-hydrogen) atoms.